The van der Waals surface area contributed by atoms with Gasteiger partial charge in [-0.25, -0.2) is 4.68 Å². The molecule has 0 aliphatic carbocycles. The first-order valence-electron chi connectivity index (χ1n) is 7.98. The van der Waals surface area contributed by atoms with Crippen LogP contribution in [-0.4, -0.2) is 50.1 Å². The van der Waals surface area contributed by atoms with Gasteiger partial charge in [0, 0.05) is 25.6 Å². The van der Waals surface area contributed by atoms with Crippen LogP contribution in [0.5, 0.6) is 0 Å². The Hall–Kier alpha value is -2.28. The number of hydrogen-bond acceptors (Lipinski definition) is 5. The highest BCUT2D eigenvalue weighted by molar-refractivity contribution is 5.80. The topological polar surface area (TPSA) is 89.9 Å². The van der Waals surface area contributed by atoms with Crippen molar-refractivity contribution in [2.75, 3.05) is 13.1 Å². The summed E-state index contributed by atoms with van der Waals surface area (Å²) in [5, 5.41) is 11.7. The number of rotatable bonds is 4. The molecular weight excluding hydrogens is 292 g/mol. The summed E-state index contributed by atoms with van der Waals surface area (Å²) in [5.41, 5.74) is 7.03. The van der Waals surface area contributed by atoms with Crippen LogP contribution < -0.4 is 5.73 Å². The molecule has 1 aliphatic heterocycles. The molecule has 1 aromatic carbocycles. The molecule has 7 heteroatoms. The molecule has 1 fully saturated rings. The third kappa shape index (κ3) is 3.56. The summed E-state index contributed by atoms with van der Waals surface area (Å²) in [6.45, 7) is 3.22. The number of aromatic nitrogens is 4. The summed E-state index contributed by atoms with van der Waals surface area (Å²) in [6.07, 6.45) is 2.27. The van der Waals surface area contributed by atoms with Gasteiger partial charge in [0.25, 0.3) is 0 Å². The molecule has 0 radical (unpaired) electrons. The number of likely N-dealkylation sites (tertiary alicyclic amines) is 1. The van der Waals surface area contributed by atoms with E-state index in [0.29, 0.717) is 25.3 Å². The van der Waals surface area contributed by atoms with Crippen LogP contribution in [0.3, 0.4) is 0 Å². The van der Waals surface area contributed by atoms with Crippen LogP contribution in [0.1, 0.15) is 30.3 Å². The van der Waals surface area contributed by atoms with Gasteiger partial charge in [-0.15, -0.1) is 5.10 Å². The van der Waals surface area contributed by atoms with Crippen LogP contribution in [0.2, 0.25) is 0 Å². The second-order valence-corrected chi connectivity index (χ2v) is 6.04. The molecule has 122 valence electrons. The third-order valence-electron chi connectivity index (χ3n) is 4.36. The van der Waals surface area contributed by atoms with Crippen LogP contribution in [-0.2, 0) is 11.2 Å². The zero-order valence-corrected chi connectivity index (χ0v) is 13.3. The number of hydrogen-bond donors (Lipinski definition) is 1. The van der Waals surface area contributed by atoms with Gasteiger partial charge >= 0.3 is 0 Å². The fourth-order valence-corrected chi connectivity index (χ4v) is 2.97. The molecule has 0 spiro atoms. The minimum absolute atomic E-state index is 0.0659. The van der Waals surface area contributed by atoms with E-state index in [9.17, 15) is 4.79 Å². The predicted octanol–water partition coefficient (Wildman–Crippen LogP) is 0.715. The van der Waals surface area contributed by atoms with Crippen molar-refractivity contribution in [1.82, 2.24) is 25.1 Å². The minimum Gasteiger partial charge on any atom is -0.341 e. The van der Waals surface area contributed by atoms with Crippen LogP contribution >= 0.6 is 0 Å². The van der Waals surface area contributed by atoms with Crippen molar-refractivity contribution in [3.8, 4) is 0 Å². The van der Waals surface area contributed by atoms with Crippen molar-refractivity contribution >= 4 is 5.91 Å². The van der Waals surface area contributed by atoms with Gasteiger partial charge in [0.05, 0.1) is 0 Å². The summed E-state index contributed by atoms with van der Waals surface area (Å²) in [7, 11) is 0. The molecule has 1 atom stereocenters. The second kappa shape index (κ2) is 6.87. The van der Waals surface area contributed by atoms with Gasteiger partial charge < -0.3 is 10.6 Å². The van der Waals surface area contributed by atoms with Crippen molar-refractivity contribution in [3.63, 3.8) is 0 Å². The smallest absolute Gasteiger partial charge is 0.247 e. The zero-order valence-electron chi connectivity index (χ0n) is 13.3. The first-order chi connectivity index (χ1) is 11.1. The summed E-state index contributed by atoms with van der Waals surface area (Å²) >= 11 is 0. The van der Waals surface area contributed by atoms with Gasteiger partial charge in [-0.05, 0) is 35.8 Å². The molecule has 2 heterocycles. The van der Waals surface area contributed by atoms with E-state index < -0.39 is 6.04 Å². The maximum absolute atomic E-state index is 13.0. The number of tetrazole rings is 1. The number of carbonyl (C=O) groups excluding carboxylic acids is 1. The third-order valence-corrected chi connectivity index (χ3v) is 4.36. The number of aryl methyl sites for hydroxylation is 1. The molecule has 1 saturated heterocycles. The van der Waals surface area contributed by atoms with E-state index in [0.717, 1.165) is 18.4 Å². The summed E-state index contributed by atoms with van der Waals surface area (Å²) < 4.78 is 1.63. The fourth-order valence-electron chi connectivity index (χ4n) is 2.97. The number of piperidine rings is 1. The van der Waals surface area contributed by atoms with Crippen LogP contribution in [0, 0.1) is 6.92 Å². The van der Waals surface area contributed by atoms with Gasteiger partial charge in [0.2, 0.25) is 5.91 Å². The SMILES string of the molecule is Cc1nnnn1C(Cc1ccccc1)C(=O)N1CCC(N)CC1. The Morgan fingerprint density at radius 1 is 1.30 bits per heavy atom. The molecule has 0 saturated carbocycles. The molecule has 3 rings (SSSR count). The van der Waals surface area contributed by atoms with Crippen LogP contribution in [0.25, 0.3) is 0 Å². The Bertz CT molecular complexity index is 648. The van der Waals surface area contributed by atoms with Crippen molar-refractivity contribution in [2.24, 2.45) is 5.73 Å². The van der Waals surface area contributed by atoms with Crippen molar-refractivity contribution in [2.45, 2.75) is 38.3 Å². The molecule has 23 heavy (non-hydrogen) atoms. The van der Waals surface area contributed by atoms with Crippen molar-refractivity contribution in [3.05, 3.63) is 41.7 Å². The Balaban J connectivity index is 1.83. The van der Waals surface area contributed by atoms with Crippen LogP contribution in [0.15, 0.2) is 30.3 Å². The highest BCUT2D eigenvalue weighted by atomic mass is 16.2. The number of amides is 1. The fraction of sp³-hybridized carbons (Fsp3) is 0.500. The molecule has 7 nitrogen and oxygen atoms in total. The normalized spacial score (nSPS) is 17.2. The van der Waals surface area contributed by atoms with E-state index in [4.69, 9.17) is 5.73 Å². The Labute approximate surface area is 135 Å². The van der Waals surface area contributed by atoms with Crippen molar-refractivity contribution < 1.29 is 4.79 Å². The highest BCUT2D eigenvalue weighted by Gasteiger charge is 2.30. The molecule has 1 aromatic heterocycles. The minimum atomic E-state index is -0.415. The predicted molar refractivity (Wildman–Crippen MR) is 85.5 cm³/mol. The van der Waals surface area contributed by atoms with E-state index in [-0.39, 0.29) is 11.9 Å². The quantitative estimate of drug-likeness (QED) is 0.898. The average molecular weight is 314 g/mol. The van der Waals surface area contributed by atoms with Gasteiger partial charge in [-0.3, -0.25) is 4.79 Å². The zero-order chi connectivity index (χ0) is 16.2. The molecule has 1 amide bonds. The lowest BCUT2D eigenvalue weighted by molar-refractivity contribution is -0.136. The summed E-state index contributed by atoms with van der Waals surface area (Å²) in [4.78, 5) is 14.9. The lowest BCUT2D eigenvalue weighted by Crippen LogP contribution is -2.46. The number of carbonyl (C=O) groups is 1. The first-order valence-corrected chi connectivity index (χ1v) is 7.98. The monoisotopic (exact) mass is 314 g/mol. The lowest BCUT2D eigenvalue weighted by Gasteiger charge is -2.33. The molecule has 0 bridgehead atoms. The average Bonchev–Trinajstić information content (AvgIpc) is 2.99. The number of nitrogens with zero attached hydrogens (tertiary/aromatic N) is 5. The highest BCUT2D eigenvalue weighted by Crippen LogP contribution is 2.20. The number of nitrogens with two attached hydrogens (primary N) is 1. The van der Waals surface area contributed by atoms with E-state index in [1.807, 2.05) is 42.2 Å². The van der Waals surface area contributed by atoms with Gasteiger partial charge in [-0.1, -0.05) is 30.3 Å². The van der Waals surface area contributed by atoms with Crippen LogP contribution in [0.4, 0.5) is 0 Å². The standard InChI is InChI=1S/C16H22N6O/c1-12-18-19-20-22(12)15(11-13-5-3-2-4-6-13)16(23)21-9-7-14(17)8-10-21/h2-6,14-15H,7-11,17H2,1H3. The van der Waals surface area contributed by atoms with Gasteiger partial charge in [-0.2, -0.15) is 0 Å². The van der Waals surface area contributed by atoms with Gasteiger partial charge in [0.1, 0.15) is 11.9 Å². The van der Waals surface area contributed by atoms with Gasteiger partial charge in [0.15, 0.2) is 0 Å². The summed E-state index contributed by atoms with van der Waals surface area (Å²) in [5.74, 6) is 0.712. The van der Waals surface area contributed by atoms with E-state index in [2.05, 4.69) is 15.5 Å². The Morgan fingerprint density at radius 2 is 2.00 bits per heavy atom. The molecule has 1 unspecified atom stereocenters. The van der Waals surface area contributed by atoms with Crippen molar-refractivity contribution in [1.29, 1.82) is 0 Å². The second-order valence-electron chi connectivity index (χ2n) is 6.04. The van der Waals surface area contributed by atoms with E-state index in [1.165, 1.54) is 0 Å². The Morgan fingerprint density at radius 3 is 2.61 bits per heavy atom. The maximum Gasteiger partial charge on any atom is 0.247 e. The number of benzene rings is 1. The molecule has 1 aliphatic rings. The van der Waals surface area contributed by atoms with E-state index in [1.54, 1.807) is 4.68 Å². The largest absolute Gasteiger partial charge is 0.341 e. The lowest BCUT2D eigenvalue weighted by atomic mass is 10.0. The summed E-state index contributed by atoms with van der Waals surface area (Å²) in [6, 6.07) is 9.74. The Kier molecular flexibility index (Phi) is 4.66. The molecule has 2 N–H and O–H groups in total. The molecular formula is C16H22N6O. The maximum atomic E-state index is 13.0. The van der Waals surface area contributed by atoms with E-state index >= 15 is 0 Å². The first kappa shape index (κ1) is 15.6. The molecule has 2 aromatic rings.